The van der Waals surface area contributed by atoms with E-state index in [-0.39, 0.29) is 5.78 Å². The van der Waals surface area contributed by atoms with Gasteiger partial charge in [-0.1, -0.05) is 12.1 Å². The molecule has 1 fully saturated rings. The normalized spacial score (nSPS) is 16.5. The molecule has 0 radical (unpaired) electrons. The standard InChI is InChI=1S/C28H19N5O3/c29-13-19-5-7-22-11-20(19)14-30-9-10-33-17-31-15-21(33)16-32-27-23-8-6-18(12-24(23)34)28(27)36-26-4-2-1-3-25(26)35-22/h1-5,7,9-11,14-17H,6,8,12H2. The topological polar surface area (TPSA) is 102 Å². The van der Waals surface area contributed by atoms with Crippen LogP contribution in [0.25, 0.3) is 6.20 Å². The second-order valence-electron chi connectivity index (χ2n) is 8.43. The number of nitrogens with zero attached hydrogens (tertiary/aromatic N) is 5. The van der Waals surface area contributed by atoms with E-state index in [2.05, 4.69) is 16.0 Å². The molecular weight excluding hydrogens is 454 g/mol. The van der Waals surface area contributed by atoms with Crippen molar-refractivity contribution < 1.29 is 14.3 Å². The van der Waals surface area contributed by atoms with Gasteiger partial charge < -0.3 is 14.0 Å². The third-order valence-corrected chi connectivity index (χ3v) is 6.19. The summed E-state index contributed by atoms with van der Waals surface area (Å²) in [4.78, 5) is 25.9. The first-order chi connectivity index (χ1) is 17.7. The van der Waals surface area contributed by atoms with Crippen LogP contribution in [-0.4, -0.2) is 27.8 Å². The van der Waals surface area contributed by atoms with Crippen molar-refractivity contribution in [3.8, 4) is 23.3 Å². The summed E-state index contributed by atoms with van der Waals surface area (Å²) < 4.78 is 14.3. The molecule has 3 aliphatic carbocycles. The van der Waals surface area contributed by atoms with E-state index in [1.807, 2.05) is 24.3 Å². The van der Waals surface area contributed by atoms with Crippen LogP contribution < -0.4 is 9.47 Å². The minimum Gasteiger partial charge on any atom is -0.453 e. The minimum absolute atomic E-state index is 0.0824. The summed E-state index contributed by atoms with van der Waals surface area (Å²) in [5.41, 5.74) is 3.95. The van der Waals surface area contributed by atoms with Crippen molar-refractivity contribution in [2.24, 2.45) is 9.98 Å². The van der Waals surface area contributed by atoms with Crippen molar-refractivity contribution in [3.05, 3.63) is 101 Å². The van der Waals surface area contributed by atoms with Gasteiger partial charge >= 0.3 is 0 Å². The molecule has 2 aromatic carbocycles. The van der Waals surface area contributed by atoms with Crippen LogP contribution in [0.15, 0.2) is 93.8 Å². The molecular formula is C28H19N5O3. The number of carbonyl (C=O) groups excluding carboxylic acids is 1. The number of hydrogen-bond acceptors (Lipinski definition) is 7. The van der Waals surface area contributed by atoms with Gasteiger partial charge in [-0.25, -0.2) is 4.98 Å². The zero-order chi connectivity index (χ0) is 24.5. The number of fused-ring (bicyclic) bond motifs is 6. The molecule has 7 rings (SSSR count). The molecule has 36 heavy (non-hydrogen) atoms. The Morgan fingerprint density at radius 2 is 1.89 bits per heavy atom. The molecule has 0 amide bonds. The predicted octanol–water partition coefficient (Wildman–Crippen LogP) is 5.18. The van der Waals surface area contributed by atoms with Gasteiger partial charge in [0.1, 0.15) is 11.4 Å². The number of rotatable bonds is 0. The Bertz CT molecular complexity index is 1600. The number of Topliss-reactive ketones (excluding diaryl/α,β-unsaturated/α-hetero) is 1. The van der Waals surface area contributed by atoms with Gasteiger partial charge in [0.05, 0.1) is 36.1 Å². The molecule has 4 bridgehead atoms. The number of ether oxygens (including phenoxy) is 2. The lowest BCUT2D eigenvalue weighted by Gasteiger charge is -2.28. The molecule has 1 aromatic heterocycles. The SMILES string of the molecule is N#Cc1ccc2cc1C=NC=Cn1cncc1C=NC1=C3CCC(=C1Oc1ccccc1O2)CC3=O. The summed E-state index contributed by atoms with van der Waals surface area (Å²) in [5.74, 6) is 2.22. The largest absolute Gasteiger partial charge is 0.453 e. The molecule has 0 atom stereocenters. The van der Waals surface area contributed by atoms with Gasteiger partial charge in [-0.05, 0) is 48.7 Å². The fraction of sp³-hybridized carbons (Fsp3) is 0.107. The molecule has 1 aliphatic heterocycles. The van der Waals surface area contributed by atoms with E-state index in [0.717, 1.165) is 12.0 Å². The van der Waals surface area contributed by atoms with E-state index in [4.69, 9.17) is 14.5 Å². The van der Waals surface area contributed by atoms with Gasteiger partial charge in [0.15, 0.2) is 23.0 Å². The zero-order valence-corrected chi connectivity index (χ0v) is 19.1. The number of ketones is 1. The lowest BCUT2D eigenvalue weighted by Crippen LogP contribution is -2.23. The van der Waals surface area contributed by atoms with E-state index < -0.39 is 0 Å². The Balaban J connectivity index is 1.51. The van der Waals surface area contributed by atoms with Crippen LogP contribution in [0.2, 0.25) is 0 Å². The average molecular weight is 473 g/mol. The average Bonchev–Trinajstić information content (AvgIpc) is 3.34. The van der Waals surface area contributed by atoms with Gasteiger partial charge in [0.25, 0.3) is 0 Å². The summed E-state index contributed by atoms with van der Waals surface area (Å²) in [6.07, 6.45) is 11.7. The Kier molecular flexibility index (Phi) is 5.35. The van der Waals surface area contributed by atoms with Crippen LogP contribution in [0.4, 0.5) is 0 Å². The highest BCUT2D eigenvalue weighted by molar-refractivity contribution is 6.01. The molecule has 4 aliphatic rings. The van der Waals surface area contributed by atoms with Crippen LogP contribution >= 0.6 is 0 Å². The van der Waals surface area contributed by atoms with Gasteiger partial charge in [-0.15, -0.1) is 0 Å². The Morgan fingerprint density at radius 3 is 2.72 bits per heavy atom. The van der Waals surface area contributed by atoms with Gasteiger partial charge in [0.2, 0.25) is 0 Å². The molecule has 8 heteroatoms. The van der Waals surface area contributed by atoms with Gasteiger partial charge in [-0.2, -0.15) is 5.26 Å². The number of hydrogen-bond donors (Lipinski definition) is 0. The molecule has 1 saturated carbocycles. The summed E-state index contributed by atoms with van der Waals surface area (Å²) >= 11 is 0. The lowest BCUT2D eigenvalue weighted by molar-refractivity contribution is -0.115. The Morgan fingerprint density at radius 1 is 1.03 bits per heavy atom. The van der Waals surface area contributed by atoms with Crippen molar-refractivity contribution in [2.75, 3.05) is 0 Å². The van der Waals surface area contributed by atoms with Gasteiger partial charge in [-0.3, -0.25) is 14.8 Å². The first-order valence-electron chi connectivity index (χ1n) is 11.4. The number of benzene rings is 2. The monoisotopic (exact) mass is 473 g/mol. The third kappa shape index (κ3) is 3.93. The molecule has 3 aromatic rings. The quantitative estimate of drug-likeness (QED) is 0.448. The van der Waals surface area contributed by atoms with E-state index in [9.17, 15) is 10.1 Å². The Hall–Kier alpha value is -5.03. The molecule has 0 unspecified atom stereocenters. The highest BCUT2D eigenvalue weighted by atomic mass is 16.5. The first-order valence-corrected chi connectivity index (χ1v) is 11.4. The van der Waals surface area contributed by atoms with Crippen molar-refractivity contribution in [3.63, 3.8) is 0 Å². The summed E-state index contributed by atoms with van der Waals surface area (Å²) in [5, 5.41) is 9.52. The van der Waals surface area contributed by atoms with Crippen molar-refractivity contribution in [1.29, 1.82) is 5.26 Å². The molecule has 0 N–H and O–H groups in total. The van der Waals surface area contributed by atoms with Crippen LogP contribution in [0.3, 0.4) is 0 Å². The minimum atomic E-state index is 0.0824. The maximum absolute atomic E-state index is 12.7. The number of para-hydroxylation sites is 2. The highest BCUT2D eigenvalue weighted by Crippen LogP contribution is 2.42. The summed E-state index contributed by atoms with van der Waals surface area (Å²) in [6, 6.07) is 14.7. The fourth-order valence-electron chi connectivity index (χ4n) is 4.38. The summed E-state index contributed by atoms with van der Waals surface area (Å²) in [6.45, 7) is 0. The second kappa shape index (κ2) is 8.96. The fourth-order valence-corrected chi connectivity index (χ4v) is 4.38. The molecule has 174 valence electrons. The van der Waals surface area contributed by atoms with Crippen LogP contribution in [0.1, 0.15) is 36.1 Å². The predicted molar refractivity (Wildman–Crippen MR) is 134 cm³/mol. The number of aromatic nitrogens is 2. The second-order valence-corrected chi connectivity index (χ2v) is 8.43. The number of nitriles is 1. The Labute approximate surface area is 206 Å². The number of allylic oxidation sites excluding steroid dienone is 2. The van der Waals surface area contributed by atoms with Crippen LogP contribution in [-0.2, 0) is 4.79 Å². The van der Waals surface area contributed by atoms with E-state index in [1.165, 1.54) is 0 Å². The smallest absolute Gasteiger partial charge is 0.170 e. The summed E-state index contributed by atoms with van der Waals surface area (Å²) in [7, 11) is 0. The first kappa shape index (κ1) is 21.5. The maximum atomic E-state index is 12.7. The van der Waals surface area contributed by atoms with Crippen LogP contribution in [0, 0.1) is 11.3 Å². The third-order valence-electron chi connectivity index (χ3n) is 6.19. The zero-order valence-electron chi connectivity index (χ0n) is 19.1. The number of carbonyl (C=O) groups is 1. The van der Waals surface area contributed by atoms with Crippen LogP contribution in [0.5, 0.6) is 17.2 Å². The molecule has 0 saturated heterocycles. The number of aliphatic imine (C=N–C) groups is 2. The van der Waals surface area contributed by atoms with Crippen molar-refractivity contribution in [2.45, 2.75) is 19.3 Å². The van der Waals surface area contributed by atoms with E-state index >= 15 is 0 Å². The van der Waals surface area contributed by atoms with E-state index in [0.29, 0.717) is 63.9 Å². The van der Waals surface area contributed by atoms with Crippen molar-refractivity contribution >= 4 is 24.4 Å². The van der Waals surface area contributed by atoms with Gasteiger partial charge in [0, 0.05) is 36.2 Å². The molecule has 8 nitrogen and oxygen atoms in total. The van der Waals surface area contributed by atoms with Crippen molar-refractivity contribution in [1.82, 2.24) is 9.55 Å². The lowest BCUT2D eigenvalue weighted by atomic mass is 9.81. The molecule has 0 spiro atoms. The van der Waals surface area contributed by atoms with E-state index in [1.54, 1.807) is 60.1 Å². The number of imidazole rings is 1. The maximum Gasteiger partial charge on any atom is 0.170 e. The molecule has 2 heterocycles. The highest BCUT2D eigenvalue weighted by Gasteiger charge is 2.34.